The molecule has 1 aromatic rings. The maximum atomic E-state index is 10.1. The maximum absolute atomic E-state index is 10.1. The van der Waals surface area contributed by atoms with Crippen LogP contribution in [0, 0.1) is 11.8 Å². The van der Waals surface area contributed by atoms with Crippen molar-refractivity contribution in [3.63, 3.8) is 0 Å². The number of aliphatic hydroxyl groups excluding tert-OH is 1. The highest BCUT2D eigenvalue weighted by atomic mass is 16.3. The van der Waals surface area contributed by atoms with Gasteiger partial charge in [-0.2, -0.15) is 0 Å². The quantitative estimate of drug-likeness (QED) is 0.756. The number of hydrogen-bond donors (Lipinski definition) is 1. The lowest BCUT2D eigenvalue weighted by atomic mass is 9.97. The Kier molecular flexibility index (Phi) is 1.88. The van der Waals surface area contributed by atoms with Crippen LogP contribution >= 0.6 is 0 Å². The summed E-state index contributed by atoms with van der Waals surface area (Å²) in [6.07, 6.45) is 4.91. The van der Waals surface area contributed by atoms with Crippen molar-refractivity contribution in [2.75, 3.05) is 0 Å². The van der Waals surface area contributed by atoms with E-state index < -0.39 is 0 Å². The highest BCUT2D eigenvalue weighted by molar-refractivity contribution is 5.34. The monoisotopic (exact) mass is 188 g/mol. The van der Waals surface area contributed by atoms with Crippen molar-refractivity contribution in [2.24, 2.45) is 11.8 Å². The SMILES string of the molecule is OC1c2ccccc2CC1CC1CC1. The van der Waals surface area contributed by atoms with Crippen LogP contribution in [0.2, 0.25) is 0 Å². The van der Waals surface area contributed by atoms with Crippen LogP contribution in [0.3, 0.4) is 0 Å². The smallest absolute Gasteiger partial charge is 0.0824 e. The number of rotatable bonds is 2. The van der Waals surface area contributed by atoms with E-state index in [1.165, 1.54) is 30.4 Å². The average Bonchev–Trinajstić information content (AvgIpc) is 2.95. The second-order valence-corrected chi connectivity index (χ2v) is 4.79. The summed E-state index contributed by atoms with van der Waals surface area (Å²) >= 11 is 0. The van der Waals surface area contributed by atoms with Crippen LogP contribution in [0.15, 0.2) is 24.3 Å². The third-order valence-corrected chi connectivity index (χ3v) is 3.64. The third kappa shape index (κ3) is 1.36. The standard InChI is InChI=1S/C13H16O/c14-13-11(7-9-5-6-9)8-10-3-1-2-4-12(10)13/h1-4,9,11,13-14H,5-8H2. The Hall–Kier alpha value is -0.820. The highest BCUT2D eigenvalue weighted by Gasteiger charge is 2.34. The number of benzene rings is 1. The van der Waals surface area contributed by atoms with Gasteiger partial charge in [-0.3, -0.25) is 0 Å². The fourth-order valence-electron chi connectivity index (χ4n) is 2.65. The van der Waals surface area contributed by atoms with Gasteiger partial charge in [-0.15, -0.1) is 0 Å². The molecule has 1 heteroatoms. The molecule has 1 N–H and O–H groups in total. The van der Waals surface area contributed by atoms with Crippen LogP contribution < -0.4 is 0 Å². The molecule has 0 amide bonds. The van der Waals surface area contributed by atoms with Crippen LogP contribution in [0.25, 0.3) is 0 Å². The van der Waals surface area contributed by atoms with Gasteiger partial charge >= 0.3 is 0 Å². The van der Waals surface area contributed by atoms with E-state index in [-0.39, 0.29) is 6.10 Å². The lowest BCUT2D eigenvalue weighted by Crippen LogP contribution is -2.07. The molecule has 2 unspecified atom stereocenters. The number of hydrogen-bond acceptors (Lipinski definition) is 1. The molecular formula is C13H16O. The number of fused-ring (bicyclic) bond motifs is 1. The summed E-state index contributed by atoms with van der Waals surface area (Å²) < 4.78 is 0. The summed E-state index contributed by atoms with van der Waals surface area (Å²) in [6, 6.07) is 8.34. The molecule has 2 aliphatic rings. The summed E-state index contributed by atoms with van der Waals surface area (Å²) in [5.74, 6) is 1.42. The Morgan fingerprint density at radius 2 is 2.00 bits per heavy atom. The first-order valence-corrected chi connectivity index (χ1v) is 5.60. The van der Waals surface area contributed by atoms with Gasteiger partial charge in [-0.25, -0.2) is 0 Å². The zero-order chi connectivity index (χ0) is 9.54. The van der Waals surface area contributed by atoms with Crippen molar-refractivity contribution in [2.45, 2.75) is 31.8 Å². The zero-order valence-electron chi connectivity index (χ0n) is 8.32. The molecule has 1 nitrogen and oxygen atoms in total. The molecular weight excluding hydrogens is 172 g/mol. The fourth-order valence-corrected chi connectivity index (χ4v) is 2.65. The minimum Gasteiger partial charge on any atom is -0.388 e. The molecule has 0 radical (unpaired) electrons. The van der Waals surface area contributed by atoms with Crippen molar-refractivity contribution in [3.8, 4) is 0 Å². The Morgan fingerprint density at radius 1 is 1.21 bits per heavy atom. The molecule has 2 aliphatic carbocycles. The van der Waals surface area contributed by atoms with E-state index in [2.05, 4.69) is 18.2 Å². The van der Waals surface area contributed by atoms with Gasteiger partial charge in [0.05, 0.1) is 6.10 Å². The number of aliphatic hydroxyl groups is 1. The second kappa shape index (κ2) is 3.09. The minimum absolute atomic E-state index is 0.188. The van der Waals surface area contributed by atoms with E-state index in [9.17, 15) is 5.11 Å². The summed E-state index contributed by atoms with van der Waals surface area (Å²) in [5, 5.41) is 10.1. The van der Waals surface area contributed by atoms with Crippen molar-refractivity contribution >= 4 is 0 Å². The molecule has 3 rings (SSSR count). The summed E-state index contributed by atoms with van der Waals surface area (Å²) in [5.41, 5.74) is 2.55. The predicted molar refractivity (Wildman–Crippen MR) is 55.9 cm³/mol. The molecule has 0 heterocycles. The van der Waals surface area contributed by atoms with Gasteiger partial charge in [-0.1, -0.05) is 37.1 Å². The van der Waals surface area contributed by atoms with Gasteiger partial charge in [0.15, 0.2) is 0 Å². The average molecular weight is 188 g/mol. The van der Waals surface area contributed by atoms with Crippen LogP contribution in [-0.2, 0) is 6.42 Å². The first kappa shape index (κ1) is 8.49. The Labute approximate surface area is 84.8 Å². The third-order valence-electron chi connectivity index (χ3n) is 3.64. The van der Waals surface area contributed by atoms with Crippen LogP contribution in [0.4, 0.5) is 0 Å². The minimum atomic E-state index is -0.188. The topological polar surface area (TPSA) is 20.2 Å². The van der Waals surface area contributed by atoms with Crippen LogP contribution in [0.5, 0.6) is 0 Å². The van der Waals surface area contributed by atoms with Crippen molar-refractivity contribution < 1.29 is 5.11 Å². The van der Waals surface area contributed by atoms with E-state index in [1.54, 1.807) is 0 Å². The largest absolute Gasteiger partial charge is 0.388 e. The molecule has 0 bridgehead atoms. The van der Waals surface area contributed by atoms with E-state index in [0.717, 1.165) is 12.3 Å². The van der Waals surface area contributed by atoms with Gasteiger partial charge in [0.2, 0.25) is 0 Å². The Morgan fingerprint density at radius 3 is 2.71 bits per heavy atom. The normalized spacial score (nSPS) is 30.4. The molecule has 1 fully saturated rings. The molecule has 2 atom stereocenters. The van der Waals surface area contributed by atoms with Gasteiger partial charge in [0.25, 0.3) is 0 Å². The molecule has 0 aromatic heterocycles. The molecule has 14 heavy (non-hydrogen) atoms. The summed E-state index contributed by atoms with van der Waals surface area (Å²) in [4.78, 5) is 0. The molecule has 0 aliphatic heterocycles. The van der Waals surface area contributed by atoms with E-state index in [4.69, 9.17) is 0 Å². The van der Waals surface area contributed by atoms with E-state index in [0.29, 0.717) is 5.92 Å². The van der Waals surface area contributed by atoms with Crippen molar-refractivity contribution in [3.05, 3.63) is 35.4 Å². The van der Waals surface area contributed by atoms with Crippen molar-refractivity contribution in [1.29, 1.82) is 0 Å². The molecule has 0 spiro atoms. The molecule has 1 saturated carbocycles. The first-order chi connectivity index (χ1) is 6.84. The molecule has 0 saturated heterocycles. The van der Waals surface area contributed by atoms with E-state index in [1.807, 2.05) is 6.07 Å². The summed E-state index contributed by atoms with van der Waals surface area (Å²) in [7, 11) is 0. The Bertz CT molecular complexity index is 341. The zero-order valence-corrected chi connectivity index (χ0v) is 8.32. The fraction of sp³-hybridized carbons (Fsp3) is 0.538. The Balaban J connectivity index is 1.81. The van der Waals surface area contributed by atoms with Gasteiger partial charge in [0, 0.05) is 0 Å². The molecule has 74 valence electrons. The van der Waals surface area contributed by atoms with Gasteiger partial charge < -0.3 is 5.11 Å². The first-order valence-electron chi connectivity index (χ1n) is 5.60. The molecule has 1 aromatic carbocycles. The van der Waals surface area contributed by atoms with Crippen molar-refractivity contribution in [1.82, 2.24) is 0 Å². The summed E-state index contributed by atoms with van der Waals surface area (Å²) in [6.45, 7) is 0. The maximum Gasteiger partial charge on any atom is 0.0824 e. The highest BCUT2D eigenvalue weighted by Crippen LogP contribution is 2.44. The van der Waals surface area contributed by atoms with Gasteiger partial charge in [0.1, 0.15) is 0 Å². The lowest BCUT2D eigenvalue weighted by molar-refractivity contribution is 0.115. The van der Waals surface area contributed by atoms with Crippen LogP contribution in [0.1, 0.15) is 36.5 Å². The predicted octanol–water partition coefficient (Wildman–Crippen LogP) is 2.69. The second-order valence-electron chi connectivity index (χ2n) is 4.79. The van der Waals surface area contributed by atoms with E-state index >= 15 is 0 Å². The lowest BCUT2D eigenvalue weighted by Gasteiger charge is -2.13. The van der Waals surface area contributed by atoms with Gasteiger partial charge in [-0.05, 0) is 35.8 Å². The van der Waals surface area contributed by atoms with Crippen LogP contribution in [-0.4, -0.2) is 5.11 Å².